The lowest BCUT2D eigenvalue weighted by atomic mass is 10.0. The molecule has 0 aliphatic rings. The largest absolute Gasteiger partial charge is 0.516 e. The highest BCUT2D eigenvalue weighted by molar-refractivity contribution is 7.93. The first-order valence-electron chi connectivity index (χ1n) is 8.45. The Labute approximate surface area is 166 Å². The van der Waals surface area contributed by atoms with Gasteiger partial charge in [0.1, 0.15) is 6.61 Å². The van der Waals surface area contributed by atoms with Gasteiger partial charge in [0, 0.05) is 5.56 Å². The lowest BCUT2D eigenvalue weighted by Crippen LogP contribution is -2.30. The summed E-state index contributed by atoms with van der Waals surface area (Å²) >= 11 is 0. The van der Waals surface area contributed by atoms with E-state index in [1.807, 2.05) is 6.07 Å². The van der Waals surface area contributed by atoms with Gasteiger partial charge in [0.25, 0.3) is 0 Å². The van der Waals surface area contributed by atoms with Gasteiger partial charge in [-0.15, -0.1) is 0 Å². The molecule has 0 amide bonds. The van der Waals surface area contributed by atoms with Crippen LogP contribution in [-0.4, -0.2) is 19.6 Å². The fourth-order valence-corrected chi connectivity index (χ4v) is 2.94. The zero-order chi connectivity index (χ0) is 21.7. The number of oxime groups is 1. The number of hydrogen-bond donors (Lipinski definition) is 1. The van der Waals surface area contributed by atoms with Gasteiger partial charge in [-0.05, 0) is 43.2 Å². The Balaban J connectivity index is 2.28. The normalized spacial score (nSPS) is 12.3. The van der Waals surface area contributed by atoms with Gasteiger partial charge < -0.3 is 4.84 Å². The van der Waals surface area contributed by atoms with Gasteiger partial charge in [0.15, 0.2) is 0 Å². The van der Waals surface area contributed by atoms with Crippen molar-refractivity contribution in [3.63, 3.8) is 0 Å². The van der Waals surface area contributed by atoms with E-state index in [0.717, 1.165) is 5.56 Å². The van der Waals surface area contributed by atoms with Gasteiger partial charge in [0.2, 0.25) is 0 Å². The summed E-state index contributed by atoms with van der Waals surface area (Å²) in [6, 6.07) is 12.9. The second-order valence-corrected chi connectivity index (χ2v) is 7.75. The zero-order valence-corrected chi connectivity index (χ0v) is 16.4. The maximum atomic E-state index is 12.7. The van der Waals surface area contributed by atoms with E-state index in [9.17, 15) is 21.6 Å². The van der Waals surface area contributed by atoms with Gasteiger partial charge in [0.05, 0.1) is 23.0 Å². The highest BCUT2D eigenvalue weighted by Crippen LogP contribution is 2.28. The van der Waals surface area contributed by atoms with E-state index in [-0.39, 0.29) is 30.0 Å². The van der Waals surface area contributed by atoms with Gasteiger partial charge in [-0.2, -0.15) is 26.9 Å². The molecule has 0 aliphatic heterocycles. The quantitative estimate of drug-likeness (QED) is 0.524. The van der Waals surface area contributed by atoms with E-state index in [2.05, 4.69) is 5.16 Å². The molecule has 0 unspecified atom stereocenters. The first-order valence-corrected chi connectivity index (χ1v) is 9.93. The third-order valence-electron chi connectivity index (χ3n) is 3.86. The molecule has 0 heterocycles. The molecule has 10 heteroatoms. The molecule has 0 aliphatic carbocycles. The van der Waals surface area contributed by atoms with Crippen molar-refractivity contribution in [2.24, 2.45) is 5.16 Å². The summed E-state index contributed by atoms with van der Waals surface area (Å²) in [6.07, 6.45) is 0.289. The van der Waals surface area contributed by atoms with Crippen LogP contribution in [0.2, 0.25) is 0 Å². The van der Waals surface area contributed by atoms with Crippen molar-refractivity contribution in [3.8, 4) is 6.07 Å². The predicted octanol–water partition coefficient (Wildman–Crippen LogP) is 4.46. The Hall–Kier alpha value is -3.06. The molecule has 2 aromatic carbocycles. The molecule has 2 rings (SSSR count). The Morgan fingerprint density at radius 1 is 1.21 bits per heavy atom. The highest BCUT2D eigenvalue weighted by Gasteiger charge is 2.46. The molecule has 0 saturated heterocycles. The number of anilines is 1. The number of halogens is 3. The second-order valence-electron chi connectivity index (χ2n) is 6.07. The van der Waals surface area contributed by atoms with Crippen LogP contribution in [0.3, 0.4) is 0 Å². The number of rotatable bonds is 7. The zero-order valence-electron chi connectivity index (χ0n) is 15.6. The van der Waals surface area contributed by atoms with Gasteiger partial charge >= 0.3 is 15.5 Å². The van der Waals surface area contributed by atoms with Crippen LogP contribution in [0.1, 0.15) is 35.6 Å². The van der Waals surface area contributed by atoms with Crippen LogP contribution in [0.5, 0.6) is 0 Å². The Bertz CT molecular complexity index is 1040. The third-order valence-corrected chi connectivity index (χ3v) is 4.96. The molecule has 29 heavy (non-hydrogen) atoms. The Morgan fingerprint density at radius 3 is 2.41 bits per heavy atom. The van der Waals surface area contributed by atoms with Crippen LogP contribution >= 0.6 is 0 Å². The first kappa shape index (κ1) is 22.2. The minimum atomic E-state index is -5.57. The van der Waals surface area contributed by atoms with Crippen molar-refractivity contribution < 1.29 is 26.4 Å². The molecule has 6 nitrogen and oxygen atoms in total. The lowest BCUT2D eigenvalue weighted by molar-refractivity contribution is -0.0429. The van der Waals surface area contributed by atoms with Crippen LogP contribution in [0.15, 0.2) is 47.6 Å². The molecule has 154 valence electrons. The smallest absolute Gasteiger partial charge is 0.391 e. The van der Waals surface area contributed by atoms with Crippen molar-refractivity contribution in [1.29, 1.82) is 5.26 Å². The monoisotopic (exact) mass is 425 g/mol. The van der Waals surface area contributed by atoms with E-state index >= 15 is 0 Å². The number of nitrogens with zero attached hydrogens (tertiary/aromatic N) is 2. The van der Waals surface area contributed by atoms with E-state index in [1.165, 1.54) is 18.2 Å². The summed E-state index contributed by atoms with van der Waals surface area (Å²) in [5.74, 6) is 0. The van der Waals surface area contributed by atoms with E-state index < -0.39 is 15.5 Å². The number of benzene rings is 2. The summed E-state index contributed by atoms with van der Waals surface area (Å²) in [6.45, 7) is 3.51. The van der Waals surface area contributed by atoms with Crippen LogP contribution in [0, 0.1) is 18.3 Å². The molecule has 0 aromatic heterocycles. The van der Waals surface area contributed by atoms with Crippen molar-refractivity contribution in [2.75, 3.05) is 4.72 Å². The molecule has 0 bridgehead atoms. The van der Waals surface area contributed by atoms with Gasteiger partial charge in [-0.3, -0.25) is 4.72 Å². The fraction of sp³-hybridized carbons (Fsp3) is 0.263. The summed E-state index contributed by atoms with van der Waals surface area (Å²) < 4.78 is 62.7. The molecular formula is C19H18F3N3O3S. The summed E-state index contributed by atoms with van der Waals surface area (Å²) in [4.78, 5) is 5.30. The van der Waals surface area contributed by atoms with Crippen LogP contribution < -0.4 is 4.72 Å². The third kappa shape index (κ3) is 5.71. The molecule has 2 aromatic rings. The topological polar surface area (TPSA) is 91.5 Å². The van der Waals surface area contributed by atoms with Crippen LogP contribution in [-0.2, 0) is 21.5 Å². The number of nitriles is 1. The lowest BCUT2D eigenvalue weighted by Gasteiger charge is -2.15. The summed E-state index contributed by atoms with van der Waals surface area (Å²) in [5.41, 5.74) is -3.26. The SMILES string of the molecule is CC/C(=N\OCc1ccc(C#N)cc1)c1cc(C)ccc1NS(=O)(=O)C(F)(F)F. The average Bonchev–Trinajstić information content (AvgIpc) is 2.66. The molecular weight excluding hydrogens is 407 g/mol. The summed E-state index contributed by atoms with van der Waals surface area (Å²) in [7, 11) is -5.57. The maximum absolute atomic E-state index is 12.7. The molecule has 0 saturated carbocycles. The van der Waals surface area contributed by atoms with E-state index in [0.29, 0.717) is 11.1 Å². The minimum Gasteiger partial charge on any atom is -0.391 e. The summed E-state index contributed by atoms with van der Waals surface area (Å²) in [5, 5.41) is 12.8. The minimum absolute atomic E-state index is 0.0740. The highest BCUT2D eigenvalue weighted by atomic mass is 32.2. The molecule has 1 N–H and O–H groups in total. The number of alkyl halides is 3. The van der Waals surface area contributed by atoms with Crippen molar-refractivity contribution in [1.82, 2.24) is 0 Å². The number of nitrogens with one attached hydrogen (secondary N) is 1. The second kappa shape index (κ2) is 8.96. The Kier molecular flexibility index (Phi) is 6.87. The van der Waals surface area contributed by atoms with Crippen molar-refractivity contribution >= 4 is 21.4 Å². The van der Waals surface area contributed by atoms with E-state index in [4.69, 9.17) is 10.1 Å². The van der Waals surface area contributed by atoms with Crippen molar-refractivity contribution in [3.05, 3.63) is 64.7 Å². The van der Waals surface area contributed by atoms with Gasteiger partial charge in [-0.25, -0.2) is 0 Å². The molecule has 0 spiro atoms. The van der Waals surface area contributed by atoms with Crippen LogP contribution in [0.25, 0.3) is 0 Å². The van der Waals surface area contributed by atoms with Crippen molar-refractivity contribution in [2.45, 2.75) is 32.4 Å². The molecule has 0 fully saturated rings. The first-order chi connectivity index (χ1) is 13.6. The maximum Gasteiger partial charge on any atom is 0.516 e. The number of hydrogen-bond acceptors (Lipinski definition) is 5. The van der Waals surface area contributed by atoms with Gasteiger partial charge in [-0.1, -0.05) is 35.8 Å². The van der Waals surface area contributed by atoms with Crippen LogP contribution in [0.4, 0.5) is 18.9 Å². The molecule has 0 atom stereocenters. The average molecular weight is 425 g/mol. The Morgan fingerprint density at radius 2 is 1.86 bits per heavy atom. The van der Waals surface area contributed by atoms with E-state index in [1.54, 1.807) is 42.8 Å². The fourth-order valence-electron chi connectivity index (χ4n) is 2.35. The standard InChI is InChI=1S/C19H18F3N3O3S/c1-3-17(24-28-12-15-7-5-14(11-23)6-8-15)16-10-13(2)4-9-18(16)25-29(26,27)19(20,21)22/h4-10,25H,3,12H2,1-2H3/b24-17+. The molecule has 0 radical (unpaired) electrons. The number of aryl methyl sites for hydroxylation is 1. The number of sulfonamides is 1. The predicted molar refractivity (Wildman–Crippen MR) is 103 cm³/mol.